The quantitative estimate of drug-likeness (QED) is 0.659. The molecule has 7 heteroatoms. The lowest BCUT2D eigenvalue weighted by Gasteiger charge is -2.27. The van der Waals surface area contributed by atoms with Crippen LogP contribution in [0.25, 0.3) is 0 Å². The van der Waals surface area contributed by atoms with Crippen LogP contribution in [0.4, 0.5) is 0 Å². The molecule has 1 aromatic heterocycles. The van der Waals surface area contributed by atoms with Crippen LogP contribution < -0.4 is 5.32 Å². The van der Waals surface area contributed by atoms with E-state index >= 15 is 0 Å². The van der Waals surface area contributed by atoms with E-state index in [0.717, 1.165) is 18.7 Å². The van der Waals surface area contributed by atoms with Crippen LogP contribution in [-0.4, -0.2) is 53.7 Å². The molecule has 3 amide bonds. The summed E-state index contributed by atoms with van der Waals surface area (Å²) in [5, 5.41) is 5.13. The number of hydrogen-bond donors (Lipinski definition) is 1. The van der Waals surface area contributed by atoms with E-state index in [1.807, 2.05) is 13.0 Å². The third-order valence-electron chi connectivity index (χ3n) is 5.86. The van der Waals surface area contributed by atoms with Crippen molar-refractivity contribution in [1.82, 2.24) is 15.1 Å². The molecule has 4 rings (SSSR count). The largest absolute Gasteiger partial charge is 0.354 e. The van der Waals surface area contributed by atoms with Gasteiger partial charge in [0, 0.05) is 24.4 Å². The second-order valence-electron chi connectivity index (χ2n) is 7.99. The minimum Gasteiger partial charge on any atom is -0.354 e. The fraction of sp³-hybridized carbons (Fsp3) is 0.435. The molecule has 1 N–H and O–H groups in total. The molecule has 1 saturated heterocycles. The predicted molar refractivity (Wildman–Crippen MR) is 117 cm³/mol. The molecule has 0 bridgehead atoms. The standard InChI is InChI=1S/C23H27N3O3S/c1-16-8-9-17-18(14-16)23(29)26(22(17)28)12-4-7-21(27)24-15-19(20-6-5-13-30-20)25-10-2-3-11-25/h5-6,8-9,13-14,19H,2-4,7,10-12,15H2,1H3,(H,24,27). The van der Waals surface area contributed by atoms with E-state index in [0.29, 0.717) is 30.5 Å². The molecule has 0 saturated carbocycles. The zero-order valence-corrected chi connectivity index (χ0v) is 18.0. The van der Waals surface area contributed by atoms with E-state index in [9.17, 15) is 14.4 Å². The molecule has 2 aliphatic heterocycles. The molecule has 158 valence electrons. The van der Waals surface area contributed by atoms with Gasteiger partial charge in [0.25, 0.3) is 11.8 Å². The topological polar surface area (TPSA) is 69.7 Å². The van der Waals surface area contributed by atoms with Crippen LogP contribution in [0.5, 0.6) is 0 Å². The zero-order valence-electron chi connectivity index (χ0n) is 17.2. The number of carbonyl (C=O) groups excluding carboxylic acids is 3. The lowest BCUT2D eigenvalue weighted by atomic mass is 10.1. The van der Waals surface area contributed by atoms with Crippen molar-refractivity contribution in [2.24, 2.45) is 0 Å². The third kappa shape index (κ3) is 4.32. The summed E-state index contributed by atoms with van der Waals surface area (Å²) >= 11 is 1.73. The van der Waals surface area contributed by atoms with E-state index in [-0.39, 0.29) is 30.3 Å². The Morgan fingerprint density at radius 3 is 2.63 bits per heavy atom. The number of amides is 3. The lowest BCUT2D eigenvalue weighted by Crippen LogP contribution is -2.37. The van der Waals surface area contributed by atoms with Crippen molar-refractivity contribution < 1.29 is 14.4 Å². The summed E-state index contributed by atoms with van der Waals surface area (Å²) in [7, 11) is 0. The van der Waals surface area contributed by atoms with Crippen molar-refractivity contribution in [2.75, 3.05) is 26.2 Å². The molecule has 1 unspecified atom stereocenters. The summed E-state index contributed by atoms with van der Waals surface area (Å²) in [6.45, 7) is 4.89. The van der Waals surface area contributed by atoms with E-state index < -0.39 is 0 Å². The first-order valence-electron chi connectivity index (χ1n) is 10.6. The molecule has 2 aromatic rings. The first-order valence-corrected chi connectivity index (χ1v) is 11.4. The molecule has 3 heterocycles. The first-order chi connectivity index (χ1) is 14.5. The van der Waals surface area contributed by atoms with Crippen LogP contribution in [0.1, 0.15) is 62.9 Å². The van der Waals surface area contributed by atoms with E-state index in [1.54, 1.807) is 23.5 Å². The van der Waals surface area contributed by atoms with Gasteiger partial charge in [-0.3, -0.25) is 24.2 Å². The van der Waals surface area contributed by atoms with Crippen molar-refractivity contribution in [2.45, 2.75) is 38.6 Å². The molecule has 1 atom stereocenters. The van der Waals surface area contributed by atoms with Gasteiger partial charge < -0.3 is 5.32 Å². The van der Waals surface area contributed by atoms with Crippen molar-refractivity contribution in [3.05, 3.63) is 57.3 Å². The van der Waals surface area contributed by atoms with E-state index in [2.05, 4.69) is 27.7 Å². The molecule has 0 aliphatic carbocycles. The Morgan fingerprint density at radius 2 is 1.90 bits per heavy atom. The Balaban J connectivity index is 1.27. The van der Waals surface area contributed by atoms with Crippen molar-refractivity contribution in [1.29, 1.82) is 0 Å². The van der Waals surface area contributed by atoms with E-state index in [1.165, 1.54) is 22.6 Å². The number of likely N-dealkylation sites (tertiary alicyclic amines) is 1. The fourth-order valence-corrected chi connectivity index (χ4v) is 5.11. The Morgan fingerprint density at radius 1 is 1.13 bits per heavy atom. The van der Waals surface area contributed by atoms with Crippen molar-refractivity contribution in [3.63, 3.8) is 0 Å². The average Bonchev–Trinajstić information content (AvgIpc) is 3.48. The third-order valence-corrected chi connectivity index (χ3v) is 6.83. The van der Waals surface area contributed by atoms with Crippen LogP contribution >= 0.6 is 11.3 Å². The molecule has 0 spiro atoms. The number of thiophene rings is 1. The van der Waals surface area contributed by atoms with Crippen LogP contribution in [-0.2, 0) is 4.79 Å². The Labute approximate surface area is 180 Å². The van der Waals surface area contributed by atoms with Gasteiger partial charge in [0.05, 0.1) is 17.2 Å². The molecular formula is C23H27N3O3S. The maximum Gasteiger partial charge on any atom is 0.261 e. The molecule has 30 heavy (non-hydrogen) atoms. The number of carbonyl (C=O) groups is 3. The maximum atomic E-state index is 12.5. The monoisotopic (exact) mass is 425 g/mol. The Hall–Kier alpha value is -2.51. The Bertz CT molecular complexity index is 935. The normalized spacial score (nSPS) is 17.4. The minimum atomic E-state index is -0.262. The number of imide groups is 1. The molecular weight excluding hydrogens is 398 g/mol. The van der Waals surface area contributed by atoms with Crippen LogP contribution in [0.2, 0.25) is 0 Å². The highest BCUT2D eigenvalue weighted by Crippen LogP contribution is 2.28. The van der Waals surface area contributed by atoms with Crippen LogP contribution in [0, 0.1) is 6.92 Å². The summed E-state index contributed by atoms with van der Waals surface area (Å²) in [5.74, 6) is -0.559. The first kappa shape index (κ1) is 20.8. The van der Waals surface area contributed by atoms with Crippen molar-refractivity contribution >= 4 is 29.1 Å². The molecule has 6 nitrogen and oxygen atoms in total. The highest BCUT2D eigenvalue weighted by Gasteiger charge is 2.35. The average molecular weight is 426 g/mol. The SMILES string of the molecule is Cc1ccc2c(c1)C(=O)N(CCCC(=O)NCC(c1cccs1)N1CCCC1)C2=O. The van der Waals surface area contributed by atoms with Gasteiger partial charge in [0.2, 0.25) is 5.91 Å². The summed E-state index contributed by atoms with van der Waals surface area (Å²) in [6.07, 6.45) is 3.17. The van der Waals surface area contributed by atoms with Crippen molar-refractivity contribution in [3.8, 4) is 0 Å². The Kier molecular flexibility index (Phi) is 6.29. The van der Waals surface area contributed by atoms with Gasteiger partial charge >= 0.3 is 0 Å². The van der Waals surface area contributed by atoms with Gasteiger partial charge in [0.1, 0.15) is 0 Å². The molecule has 1 fully saturated rings. The summed E-state index contributed by atoms with van der Waals surface area (Å²) in [4.78, 5) is 42.4. The van der Waals surface area contributed by atoms with Gasteiger partial charge in [-0.2, -0.15) is 0 Å². The second kappa shape index (κ2) is 9.10. The zero-order chi connectivity index (χ0) is 21.1. The van der Waals surface area contributed by atoms with Gasteiger partial charge in [0.15, 0.2) is 0 Å². The number of nitrogens with zero attached hydrogens (tertiary/aromatic N) is 2. The number of nitrogens with one attached hydrogen (secondary N) is 1. The van der Waals surface area contributed by atoms with Crippen LogP contribution in [0.15, 0.2) is 35.7 Å². The molecule has 1 aromatic carbocycles. The second-order valence-corrected chi connectivity index (χ2v) is 8.97. The van der Waals surface area contributed by atoms with E-state index in [4.69, 9.17) is 0 Å². The fourth-order valence-electron chi connectivity index (χ4n) is 4.25. The predicted octanol–water partition coefficient (Wildman–Crippen LogP) is 3.39. The number of fused-ring (bicyclic) bond motifs is 1. The number of hydrogen-bond acceptors (Lipinski definition) is 5. The molecule has 0 radical (unpaired) electrons. The number of benzene rings is 1. The maximum absolute atomic E-state index is 12.5. The summed E-state index contributed by atoms with van der Waals surface area (Å²) < 4.78 is 0. The van der Waals surface area contributed by atoms with Gasteiger partial charge in [-0.1, -0.05) is 17.7 Å². The highest BCUT2D eigenvalue weighted by atomic mass is 32.1. The smallest absolute Gasteiger partial charge is 0.261 e. The van der Waals surface area contributed by atoms with Gasteiger partial charge in [-0.15, -0.1) is 11.3 Å². The van der Waals surface area contributed by atoms with Gasteiger partial charge in [-0.25, -0.2) is 0 Å². The highest BCUT2D eigenvalue weighted by molar-refractivity contribution is 7.10. The lowest BCUT2D eigenvalue weighted by molar-refractivity contribution is -0.121. The summed E-state index contributed by atoms with van der Waals surface area (Å²) in [5.41, 5.74) is 1.88. The summed E-state index contributed by atoms with van der Waals surface area (Å²) in [6, 6.07) is 9.70. The number of rotatable bonds is 8. The minimum absolute atomic E-state index is 0.0387. The van der Waals surface area contributed by atoms with Gasteiger partial charge in [-0.05, 0) is 62.9 Å². The molecule has 2 aliphatic rings. The number of aryl methyl sites for hydroxylation is 1. The van der Waals surface area contributed by atoms with Crippen LogP contribution in [0.3, 0.4) is 0 Å².